The maximum absolute atomic E-state index is 12.9. The van der Waals surface area contributed by atoms with E-state index < -0.39 is 0 Å². The van der Waals surface area contributed by atoms with Crippen molar-refractivity contribution in [3.63, 3.8) is 0 Å². The quantitative estimate of drug-likeness (QED) is 0.783. The Morgan fingerprint density at radius 1 is 1.16 bits per heavy atom. The van der Waals surface area contributed by atoms with Gasteiger partial charge < -0.3 is 9.88 Å². The molecule has 0 saturated heterocycles. The van der Waals surface area contributed by atoms with Gasteiger partial charge in [-0.25, -0.2) is 19.3 Å². The summed E-state index contributed by atoms with van der Waals surface area (Å²) in [6.45, 7) is 2.82. The third-order valence-corrected chi connectivity index (χ3v) is 2.85. The predicted octanol–water partition coefficient (Wildman–Crippen LogP) is 2.73. The molecule has 2 aromatic heterocycles. The molecular formula is C13H12FN5. The third kappa shape index (κ3) is 2.12. The SMILES string of the molecule is CCn1cnc2c(Nc3ccc(F)cc3)ncnc21. The van der Waals surface area contributed by atoms with Crippen molar-refractivity contribution in [1.29, 1.82) is 0 Å². The highest BCUT2D eigenvalue weighted by molar-refractivity contribution is 5.84. The second-order valence-electron chi connectivity index (χ2n) is 4.06. The average Bonchev–Trinajstić information content (AvgIpc) is 2.85. The summed E-state index contributed by atoms with van der Waals surface area (Å²) in [7, 11) is 0. The Morgan fingerprint density at radius 3 is 2.68 bits per heavy atom. The molecule has 0 unspecified atom stereocenters. The van der Waals surface area contributed by atoms with E-state index in [4.69, 9.17) is 0 Å². The number of benzene rings is 1. The molecule has 0 amide bonds. The lowest BCUT2D eigenvalue weighted by atomic mass is 10.3. The Hall–Kier alpha value is -2.50. The Balaban J connectivity index is 2.01. The van der Waals surface area contributed by atoms with Gasteiger partial charge in [0.1, 0.15) is 12.1 Å². The number of halogens is 1. The molecular weight excluding hydrogens is 245 g/mol. The number of aromatic nitrogens is 4. The molecule has 0 aliphatic heterocycles. The van der Waals surface area contributed by atoms with Gasteiger partial charge in [0, 0.05) is 12.2 Å². The summed E-state index contributed by atoms with van der Waals surface area (Å²) in [6, 6.07) is 6.09. The molecule has 0 saturated carbocycles. The Labute approximate surface area is 109 Å². The number of nitrogens with one attached hydrogen (secondary N) is 1. The molecule has 1 aromatic carbocycles. The van der Waals surface area contributed by atoms with E-state index in [1.54, 1.807) is 18.5 Å². The van der Waals surface area contributed by atoms with E-state index >= 15 is 0 Å². The van der Waals surface area contributed by atoms with Crippen LogP contribution in [0.15, 0.2) is 36.9 Å². The van der Waals surface area contributed by atoms with Gasteiger partial charge in [-0.05, 0) is 31.2 Å². The number of imidazole rings is 1. The minimum absolute atomic E-state index is 0.270. The maximum Gasteiger partial charge on any atom is 0.165 e. The lowest BCUT2D eigenvalue weighted by molar-refractivity contribution is 0.628. The zero-order chi connectivity index (χ0) is 13.2. The summed E-state index contributed by atoms with van der Waals surface area (Å²) in [5, 5.41) is 3.12. The summed E-state index contributed by atoms with van der Waals surface area (Å²) in [4.78, 5) is 12.7. The van der Waals surface area contributed by atoms with Crippen LogP contribution in [0.25, 0.3) is 11.2 Å². The van der Waals surface area contributed by atoms with Crippen LogP contribution in [0, 0.1) is 5.82 Å². The minimum Gasteiger partial charge on any atom is -0.338 e. The zero-order valence-corrected chi connectivity index (χ0v) is 10.3. The first-order chi connectivity index (χ1) is 9.28. The first kappa shape index (κ1) is 11.6. The van der Waals surface area contributed by atoms with E-state index in [2.05, 4.69) is 20.3 Å². The van der Waals surface area contributed by atoms with Crippen molar-refractivity contribution in [2.75, 3.05) is 5.32 Å². The Morgan fingerprint density at radius 2 is 1.95 bits per heavy atom. The van der Waals surface area contributed by atoms with Crippen LogP contribution in [0.1, 0.15) is 6.92 Å². The van der Waals surface area contributed by atoms with Crippen LogP contribution in [0.2, 0.25) is 0 Å². The molecule has 3 aromatic rings. The summed E-state index contributed by atoms with van der Waals surface area (Å²) in [6.07, 6.45) is 3.22. The summed E-state index contributed by atoms with van der Waals surface area (Å²) in [5.41, 5.74) is 2.24. The highest BCUT2D eigenvalue weighted by atomic mass is 19.1. The normalized spacial score (nSPS) is 10.8. The van der Waals surface area contributed by atoms with E-state index in [9.17, 15) is 4.39 Å². The smallest absolute Gasteiger partial charge is 0.165 e. The standard InChI is InChI=1S/C13H12FN5/c1-2-19-8-17-11-12(15-7-16-13(11)19)18-10-5-3-9(14)4-6-10/h3-8H,2H2,1H3,(H,15,16,18). The number of rotatable bonds is 3. The summed E-state index contributed by atoms with van der Waals surface area (Å²) in [5.74, 6) is 0.345. The highest BCUT2D eigenvalue weighted by Crippen LogP contribution is 2.21. The van der Waals surface area contributed by atoms with E-state index in [1.165, 1.54) is 18.5 Å². The highest BCUT2D eigenvalue weighted by Gasteiger charge is 2.09. The lowest BCUT2D eigenvalue weighted by Gasteiger charge is -2.05. The fraction of sp³-hybridized carbons (Fsp3) is 0.154. The van der Waals surface area contributed by atoms with Gasteiger partial charge in [0.15, 0.2) is 17.0 Å². The van der Waals surface area contributed by atoms with Crippen molar-refractivity contribution >= 4 is 22.7 Å². The van der Waals surface area contributed by atoms with Crippen LogP contribution >= 0.6 is 0 Å². The summed E-state index contributed by atoms with van der Waals surface area (Å²) < 4.78 is 14.8. The third-order valence-electron chi connectivity index (χ3n) is 2.85. The Kier molecular flexibility index (Phi) is 2.83. The first-order valence-electron chi connectivity index (χ1n) is 5.96. The van der Waals surface area contributed by atoms with Crippen molar-refractivity contribution in [1.82, 2.24) is 19.5 Å². The number of hydrogen-bond acceptors (Lipinski definition) is 4. The minimum atomic E-state index is -0.270. The summed E-state index contributed by atoms with van der Waals surface area (Å²) >= 11 is 0. The zero-order valence-electron chi connectivity index (χ0n) is 10.3. The number of aryl methyl sites for hydroxylation is 1. The van der Waals surface area contributed by atoms with Crippen LogP contribution in [0.5, 0.6) is 0 Å². The fourth-order valence-electron chi connectivity index (χ4n) is 1.87. The molecule has 3 rings (SSSR count). The first-order valence-corrected chi connectivity index (χ1v) is 5.96. The van der Waals surface area contributed by atoms with Gasteiger partial charge in [-0.3, -0.25) is 0 Å². The van der Waals surface area contributed by atoms with Crippen LogP contribution in [0.3, 0.4) is 0 Å². The number of fused-ring (bicyclic) bond motifs is 1. The van der Waals surface area contributed by atoms with Gasteiger partial charge in [-0.15, -0.1) is 0 Å². The van der Waals surface area contributed by atoms with E-state index in [0.29, 0.717) is 11.3 Å². The van der Waals surface area contributed by atoms with Crippen molar-refractivity contribution in [2.24, 2.45) is 0 Å². The molecule has 0 aliphatic rings. The number of hydrogen-bond donors (Lipinski definition) is 1. The van der Waals surface area contributed by atoms with Crippen molar-refractivity contribution in [3.8, 4) is 0 Å². The molecule has 96 valence electrons. The molecule has 0 bridgehead atoms. The van der Waals surface area contributed by atoms with Gasteiger partial charge in [-0.2, -0.15) is 0 Å². The largest absolute Gasteiger partial charge is 0.338 e. The molecule has 0 fully saturated rings. The van der Waals surface area contributed by atoms with E-state index in [-0.39, 0.29) is 5.82 Å². The van der Waals surface area contributed by atoms with Crippen molar-refractivity contribution in [3.05, 3.63) is 42.7 Å². The predicted molar refractivity (Wildman–Crippen MR) is 70.7 cm³/mol. The maximum atomic E-state index is 12.9. The van der Waals surface area contributed by atoms with Crippen molar-refractivity contribution in [2.45, 2.75) is 13.5 Å². The van der Waals surface area contributed by atoms with Gasteiger partial charge in [-0.1, -0.05) is 0 Å². The molecule has 6 heteroatoms. The number of anilines is 2. The van der Waals surface area contributed by atoms with Gasteiger partial charge in [0.05, 0.1) is 6.33 Å². The fourth-order valence-corrected chi connectivity index (χ4v) is 1.87. The number of nitrogens with zero attached hydrogens (tertiary/aromatic N) is 4. The molecule has 2 heterocycles. The van der Waals surface area contributed by atoms with Crippen LogP contribution in [-0.2, 0) is 6.54 Å². The van der Waals surface area contributed by atoms with Crippen LogP contribution < -0.4 is 5.32 Å². The molecule has 0 radical (unpaired) electrons. The molecule has 1 N–H and O–H groups in total. The Bertz CT molecular complexity index is 705. The molecule has 0 spiro atoms. The van der Waals surface area contributed by atoms with E-state index in [1.807, 2.05) is 11.5 Å². The molecule has 5 nitrogen and oxygen atoms in total. The molecule has 19 heavy (non-hydrogen) atoms. The molecule has 0 aliphatic carbocycles. The second kappa shape index (κ2) is 4.64. The van der Waals surface area contributed by atoms with Gasteiger partial charge in [0.2, 0.25) is 0 Å². The topological polar surface area (TPSA) is 55.6 Å². The lowest BCUT2D eigenvalue weighted by Crippen LogP contribution is -1.98. The van der Waals surface area contributed by atoms with E-state index in [0.717, 1.165) is 17.9 Å². The average molecular weight is 257 g/mol. The van der Waals surface area contributed by atoms with Crippen LogP contribution in [-0.4, -0.2) is 19.5 Å². The molecule has 0 atom stereocenters. The van der Waals surface area contributed by atoms with Crippen molar-refractivity contribution < 1.29 is 4.39 Å². The monoisotopic (exact) mass is 257 g/mol. The van der Waals surface area contributed by atoms with Gasteiger partial charge in [0.25, 0.3) is 0 Å². The second-order valence-corrected chi connectivity index (χ2v) is 4.06. The van der Waals surface area contributed by atoms with Crippen LogP contribution in [0.4, 0.5) is 15.9 Å². The van der Waals surface area contributed by atoms with Gasteiger partial charge >= 0.3 is 0 Å².